The number of fused-ring (bicyclic) bond motifs is 1. The number of aryl methyl sites for hydroxylation is 1. The maximum absolute atomic E-state index is 12.3. The Balaban J connectivity index is 1.61. The van der Waals surface area contributed by atoms with Crippen LogP contribution in [0.2, 0.25) is 0 Å². The Morgan fingerprint density at radius 1 is 1.28 bits per heavy atom. The molecular formula is C18H19F2N3O2. The van der Waals surface area contributed by atoms with E-state index in [1.165, 1.54) is 6.07 Å². The Morgan fingerprint density at radius 3 is 2.84 bits per heavy atom. The minimum absolute atomic E-state index is 0.137. The highest BCUT2D eigenvalue weighted by Crippen LogP contribution is 2.32. The van der Waals surface area contributed by atoms with E-state index in [0.29, 0.717) is 6.54 Å². The second-order valence-electron chi connectivity index (χ2n) is 5.87. The number of carbonyl (C=O) groups excluding carboxylic acids is 1. The second kappa shape index (κ2) is 7.92. The molecule has 1 aliphatic rings. The molecule has 0 spiro atoms. The van der Waals surface area contributed by atoms with Crippen LogP contribution < -0.4 is 15.4 Å². The van der Waals surface area contributed by atoms with E-state index in [4.69, 9.17) is 0 Å². The Morgan fingerprint density at radius 2 is 2.08 bits per heavy atom. The number of benzene rings is 1. The zero-order chi connectivity index (χ0) is 17.6. The molecule has 1 unspecified atom stereocenters. The molecule has 0 bridgehead atoms. The summed E-state index contributed by atoms with van der Waals surface area (Å²) in [5.74, 6) is 0.150. The van der Waals surface area contributed by atoms with Crippen LogP contribution in [0, 0.1) is 0 Å². The summed E-state index contributed by atoms with van der Waals surface area (Å²) < 4.78 is 29.1. The van der Waals surface area contributed by atoms with Gasteiger partial charge in [-0.2, -0.15) is 8.78 Å². The molecule has 0 saturated heterocycles. The highest BCUT2D eigenvalue weighted by molar-refractivity contribution is 5.74. The Bertz CT molecular complexity index is 726. The predicted molar refractivity (Wildman–Crippen MR) is 88.4 cm³/mol. The molecule has 2 amide bonds. The number of aromatic nitrogens is 1. The highest BCUT2D eigenvalue weighted by atomic mass is 19.3. The predicted octanol–water partition coefficient (Wildman–Crippen LogP) is 3.56. The molecule has 0 fully saturated rings. The summed E-state index contributed by atoms with van der Waals surface area (Å²) in [4.78, 5) is 16.1. The quantitative estimate of drug-likeness (QED) is 0.869. The summed E-state index contributed by atoms with van der Waals surface area (Å²) >= 11 is 0. The molecule has 7 heteroatoms. The molecule has 1 aromatic heterocycles. The zero-order valence-corrected chi connectivity index (χ0v) is 13.5. The molecule has 3 rings (SSSR count). The number of halogens is 2. The molecule has 0 saturated carbocycles. The van der Waals surface area contributed by atoms with Crippen molar-refractivity contribution >= 4 is 6.03 Å². The van der Waals surface area contributed by atoms with Crippen LogP contribution in [0.4, 0.5) is 13.6 Å². The van der Waals surface area contributed by atoms with E-state index in [1.54, 1.807) is 24.5 Å². The van der Waals surface area contributed by atoms with Crippen LogP contribution in [-0.4, -0.2) is 17.6 Å². The number of urea groups is 1. The fraction of sp³-hybridized carbons (Fsp3) is 0.333. The van der Waals surface area contributed by atoms with Gasteiger partial charge in [0.1, 0.15) is 5.75 Å². The minimum atomic E-state index is -2.84. The van der Waals surface area contributed by atoms with Gasteiger partial charge in [-0.1, -0.05) is 6.07 Å². The molecule has 5 nitrogen and oxygen atoms in total. The number of nitrogens with zero attached hydrogens (tertiary/aromatic N) is 1. The van der Waals surface area contributed by atoms with Crippen LogP contribution in [0.5, 0.6) is 5.75 Å². The SMILES string of the molecule is O=C(NCc1ccncc1)NC1CCCc2cc(OC(F)F)ccc21. The van der Waals surface area contributed by atoms with Crippen LogP contribution in [0.1, 0.15) is 35.6 Å². The normalized spacial score (nSPS) is 16.2. The average Bonchev–Trinajstić information content (AvgIpc) is 2.60. The Kier molecular flexibility index (Phi) is 5.42. The van der Waals surface area contributed by atoms with Gasteiger partial charge in [0, 0.05) is 18.9 Å². The van der Waals surface area contributed by atoms with Gasteiger partial charge in [-0.3, -0.25) is 4.98 Å². The maximum Gasteiger partial charge on any atom is 0.387 e. The number of ether oxygens (including phenoxy) is 1. The third kappa shape index (κ3) is 4.65. The van der Waals surface area contributed by atoms with Gasteiger partial charge in [-0.05, 0) is 60.2 Å². The van der Waals surface area contributed by atoms with Crippen LogP contribution in [-0.2, 0) is 13.0 Å². The molecule has 1 aromatic carbocycles. The van der Waals surface area contributed by atoms with E-state index in [0.717, 1.165) is 36.0 Å². The van der Waals surface area contributed by atoms with Crippen molar-refractivity contribution in [3.63, 3.8) is 0 Å². The van der Waals surface area contributed by atoms with Crippen LogP contribution in [0.15, 0.2) is 42.7 Å². The number of hydrogen-bond donors (Lipinski definition) is 2. The van der Waals surface area contributed by atoms with Gasteiger partial charge in [0.25, 0.3) is 0 Å². The smallest absolute Gasteiger partial charge is 0.387 e. The summed E-state index contributed by atoms with van der Waals surface area (Å²) in [5.41, 5.74) is 2.85. The number of carbonyl (C=O) groups is 1. The first-order valence-corrected chi connectivity index (χ1v) is 8.13. The van der Waals surface area contributed by atoms with Crippen LogP contribution in [0.25, 0.3) is 0 Å². The van der Waals surface area contributed by atoms with Crippen molar-refractivity contribution in [1.29, 1.82) is 0 Å². The molecule has 1 atom stereocenters. The van der Waals surface area contributed by atoms with E-state index in [-0.39, 0.29) is 17.8 Å². The van der Waals surface area contributed by atoms with Crippen molar-refractivity contribution in [3.8, 4) is 5.75 Å². The van der Waals surface area contributed by atoms with Gasteiger partial charge in [0.15, 0.2) is 0 Å². The van der Waals surface area contributed by atoms with Crippen molar-refractivity contribution in [2.45, 2.75) is 38.5 Å². The van der Waals surface area contributed by atoms with Crippen LogP contribution in [0.3, 0.4) is 0 Å². The van der Waals surface area contributed by atoms with Crippen molar-refractivity contribution in [2.75, 3.05) is 0 Å². The largest absolute Gasteiger partial charge is 0.435 e. The summed E-state index contributed by atoms with van der Waals surface area (Å²) in [5, 5.41) is 5.76. The van der Waals surface area contributed by atoms with Crippen molar-refractivity contribution in [2.24, 2.45) is 0 Å². The first kappa shape index (κ1) is 17.1. The van der Waals surface area contributed by atoms with E-state index in [9.17, 15) is 13.6 Å². The second-order valence-corrected chi connectivity index (χ2v) is 5.87. The van der Waals surface area contributed by atoms with E-state index in [1.807, 2.05) is 12.1 Å². The van der Waals surface area contributed by atoms with Crippen molar-refractivity contribution in [1.82, 2.24) is 15.6 Å². The first-order chi connectivity index (χ1) is 12.1. The summed E-state index contributed by atoms with van der Waals surface area (Å²) in [6.45, 7) is -2.43. The van der Waals surface area contributed by atoms with Crippen molar-refractivity contribution in [3.05, 3.63) is 59.4 Å². The lowest BCUT2D eigenvalue weighted by Crippen LogP contribution is -2.38. The summed E-state index contributed by atoms with van der Waals surface area (Å²) in [6, 6.07) is 8.16. The summed E-state index contributed by atoms with van der Waals surface area (Å²) in [7, 11) is 0. The standard InChI is InChI=1S/C18H19F2N3O2/c19-17(20)25-14-4-5-15-13(10-14)2-1-3-16(15)23-18(24)22-11-12-6-8-21-9-7-12/h4-10,16-17H,1-3,11H2,(H2,22,23,24). The fourth-order valence-electron chi connectivity index (χ4n) is 3.01. The van der Waals surface area contributed by atoms with E-state index < -0.39 is 6.61 Å². The van der Waals surface area contributed by atoms with Gasteiger partial charge in [-0.15, -0.1) is 0 Å². The zero-order valence-electron chi connectivity index (χ0n) is 13.5. The highest BCUT2D eigenvalue weighted by Gasteiger charge is 2.22. The Hall–Kier alpha value is -2.70. The molecule has 1 heterocycles. The van der Waals surface area contributed by atoms with Gasteiger partial charge < -0.3 is 15.4 Å². The number of hydrogen-bond acceptors (Lipinski definition) is 3. The fourth-order valence-corrected chi connectivity index (χ4v) is 3.01. The maximum atomic E-state index is 12.3. The van der Waals surface area contributed by atoms with Gasteiger partial charge in [-0.25, -0.2) is 4.79 Å². The topological polar surface area (TPSA) is 63.2 Å². The van der Waals surface area contributed by atoms with E-state index in [2.05, 4.69) is 20.4 Å². The lowest BCUT2D eigenvalue weighted by Gasteiger charge is -2.27. The number of nitrogens with one attached hydrogen (secondary N) is 2. The van der Waals surface area contributed by atoms with Crippen LogP contribution >= 0.6 is 0 Å². The van der Waals surface area contributed by atoms with E-state index >= 15 is 0 Å². The van der Waals surface area contributed by atoms with Gasteiger partial charge >= 0.3 is 12.6 Å². The summed E-state index contributed by atoms with van der Waals surface area (Å²) in [6.07, 6.45) is 5.81. The van der Waals surface area contributed by atoms with Gasteiger partial charge in [0.05, 0.1) is 6.04 Å². The number of amides is 2. The lowest BCUT2D eigenvalue weighted by atomic mass is 9.87. The monoisotopic (exact) mass is 347 g/mol. The number of alkyl halides is 2. The minimum Gasteiger partial charge on any atom is -0.435 e. The number of rotatable bonds is 5. The molecule has 0 radical (unpaired) electrons. The molecule has 25 heavy (non-hydrogen) atoms. The lowest BCUT2D eigenvalue weighted by molar-refractivity contribution is -0.0499. The molecule has 0 aliphatic heterocycles. The molecule has 1 aliphatic carbocycles. The third-order valence-corrected chi connectivity index (χ3v) is 4.16. The first-order valence-electron chi connectivity index (χ1n) is 8.13. The average molecular weight is 347 g/mol. The Labute approximate surface area is 144 Å². The number of pyridine rings is 1. The van der Waals surface area contributed by atoms with Gasteiger partial charge in [0.2, 0.25) is 0 Å². The molecular weight excluding hydrogens is 328 g/mol. The molecule has 2 aromatic rings. The third-order valence-electron chi connectivity index (χ3n) is 4.16. The molecule has 132 valence electrons. The molecule has 2 N–H and O–H groups in total. The van der Waals surface area contributed by atoms with Crippen molar-refractivity contribution < 1.29 is 18.3 Å².